The minimum Gasteiger partial charge on any atom is -0.383 e. The summed E-state index contributed by atoms with van der Waals surface area (Å²) in [5.41, 5.74) is 10.5. The molecule has 0 atom stereocenters. The van der Waals surface area contributed by atoms with Crippen molar-refractivity contribution in [3.8, 4) is 11.3 Å². The smallest absolute Gasteiger partial charge is 0.170 e. The van der Waals surface area contributed by atoms with E-state index in [9.17, 15) is 0 Å². The first-order valence-electron chi connectivity index (χ1n) is 8.28. The van der Waals surface area contributed by atoms with E-state index >= 15 is 0 Å². The first-order chi connectivity index (χ1) is 12.7. The van der Waals surface area contributed by atoms with Gasteiger partial charge in [0.2, 0.25) is 0 Å². The molecule has 0 saturated carbocycles. The van der Waals surface area contributed by atoms with Gasteiger partial charge in [0, 0.05) is 30.4 Å². The van der Waals surface area contributed by atoms with Gasteiger partial charge in [0.15, 0.2) is 5.76 Å². The molecule has 2 aromatic heterocycles. The summed E-state index contributed by atoms with van der Waals surface area (Å²) in [6.07, 6.45) is 7.70. The number of nitrogens with zero attached hydrogens (tertiary/aromatic N) is 3. The Morgan fingerprint density at radius 1 is 1.27 bits per heavy atom. The van der Waals surface area contributed by atoms with Crippen molar-refractivity contribution in [2.45, 2.75) is 13.3 Å². The highest BCUT2D eigenvalue weighted by molar-refractivity contribution is 6.08. The average molecular weight is 344 g/mol. The third-order valence-corrected chi connectivity index (χ3v) is 3.85. The van der Waals surface area contributed by atoms with E-state index in [-0.39, 0.29) is 0 Å². The first kappa shape index (κ1) is 17.4. The number of rotatable bonds is 6. The fourth-order valence-corrected chi connectivity index (χ4v) is 2.55. The molecule has 0 spiro atoms. The molecule has 0 saturated heterocycles. The molecule has 0 radical (unpaired) electrons. The molecule has 2 N–H and O–H groups in total. The molecule has 5 heteroatoms. The minimum absolute atomic E-state index is 0.428. The fourth-order valence-electron chi connectivity index (χ4n) is 2.55. The Bertz CT molecular complexity index is 952. The van der Waals surface area contributed by atoms with E-state index in [1.54, 1.807) is 18.5 Å². The van der Waals surface area contributed by atoms with E-state index in [0.29, 0.717) is 18.0 Å². The Hall–Kier alpha value is -3.47. The minimum atomic E-state index is 0.428. The maximum Gasteiger partial charge on any atom is 0.170 e. The number of benzene rings is 1. The average Bonchev–Trinajstić information content (AvgIpc) is 3.12. The van der Waals surface area contributed by atoms with Crippen LogP contribution in [0.3, 0.4) is 0 Å². The molecule has 0 aliphatic heterocycles. The monoisotopic (exact) mass is 344 g/mol. The van der Waals surface area contributed by atoms with Gasteiger partial charge in [-0.1, -0.05) is 42.1 Å². The van der Waals surface area contributed by atoms with Gasteiger partial charge in [0.25, 0.3) is 0 Å². The maximum absolute atomic E-state index is 5.88. The molecule has 0 amide bonds. The van der Waals surface area contributed by atoms with Crippen LogP contribution in [0.15, 0.2) is 83.1 Å². The predicted octanol–water partition coefficient (Wildman–Crippen LogP) is 4.42. The van der Waals surface area contributed by atoms with Crippen molar-refractivity contribution >= 4 is 11.5 Å². The summed E-state index contributed by atoms with van der Waals surface area (Å²) in [5, 5.41) is 4.14. The molecular formula is C21H20N4O. The van der Waals surface area contributed by atoms with Gasteiger partial charge in [-0.2, -0.15) is 0 Å². The second-order valence-corrected chi connectivity index (χ2v) is 5.69. The maximum atomic E-state index is 5.88. The van der Waals surface area contributed by atoms with E-state index in [0.717, 1.165) is 28.1 Å². The summed E-state index contributed by atoms with van der Waals surface area (Å²) in [7, 11) is 0. The standard InChI is InChI=1S/C21H20N4O/c1-3-11-23-19(4-2)16-9-7-15(8-10-16)13-17-14-20(26-25-17)18-6-5-12-24-21(18)22/h3-12,14H,2,13H2,1H3,(H2,22,24)/b11-3-,23-19+. The summed E-state index contributed by atoms with van der Waals surface area (Å²) in [6.45, 7) is 5.75. The van der Waals surface area contributed by atoms with Crippen molar-refractivity contribution in [2.75, 3.05) is 5.73 Å². The molecule has 5 nitrogen and oxygen atoms in total. The number of hydrogen-bond donors (Lipinski definition) is 1. The second kappa shape index (κ2) is 8.07. The van der Waals surface area contributed by atoms with Crippen LogP contribution < -0.4 is 5.73 Å². The summed E-state index contributed by atoms with van der Waals surface area (Å²) < 4.78 is 5.42. The molecule has 0 aliphatic carbocycles. The molecule has 0 unspecified atom stereocenters. The van der Waals surface area contributed by atoms with Crippen LogP contribution in [0.1, 0.15) is 23.7 Å². The summed E-state index contributed by atoms with van der Waals surface area (Å²) >= 11 is 0. The van der Waals surface area contributed by atoms with Crippen LogP contribution in [0.4, 0.5) is 5.82 Å². The molecule has 2 heterocycles. The molecule has 1 aromatic carbocycles. The largest absolute Gasteiger partial charge is 0.383 e. The van der Waals surface area contributed by atoms with E-state index in [1.807, 2.05) is 43.3 Å². The van der Waals surface area contributed by atoms with Crippen LogP contribution in [0, 0.1) is 0 Å². The van der Waals surface area contributed by atoms with Crippen molar-refractivity contribution in [1.29, 1.82) is 0 Å². The van der Waals surface area contributed by atoms with E-state index in [1.165, 1.54) is 0 Å². The Morgan fingerprint density at radius 3 is 2.77 bits per heavy atom. The quantitative estimate of drug-likeness (QED) is 0.672. The molecule has 3 aromatic rings. The molecule has 130 valence electrons. The number of aliphatic imine (C=N–C) groups is 1. The highest BCUT2D eigenvalue weighted by Crippen LogP contribution is 2.25. The van der Waals surface area contributed by atoms with Crippen LogP contribution >= 0.6 is 0 Å². The Morgan fingerprint density at radius 2 is 2.08 bits per heavy atom. The lowest BCUT2D eigenvalue weighted by atomic mass is 10.0. The fraction of sp³-hybridized carbons (Fsp3) is 0.0952. The topological polar surface area (TPSA) is 77.3 Å². The zero-order valence-corrected chi connectivity index (χ0v) is 14.6. The number of allylic oxidation sites excluding steroid dienone is 2. The number of aromatic nitrogens is 2. The van der Waals surface area contributed by atoms with Crippen LogP contribution in [0.25, 0.3) is 11.3 Å². The van der Waals surface area contributed by atoms with Crippen LogP contribution in [0.2, 0.25) is 0 Å². The summed E-state index contributed by atoms with van der Waals surface area (Å²) in [5.74, 6) is 1.05. The molecular weight excluding hydrogens is 324 g/mol. The molecule has 0 bridgehead atoms. The normalized spacial score (nSPS) is 11.8. The molecule has 0 fully saturated rings. The van der Waals surface area contributed by atoms with Crippen molar-refractivity contribution in [2.24, 2.45) is 4.99 Å². The van der Waals surface area contributed by atoms with Crippen LogP contribution in [0.5, 0.6) is 0 Å². The van der Waals surface area contributed by atoms with Gasteiger partial charge in [-0.15, -0.1) is 0 Å². The van der Waals surface area contributed by atoms with E-state index < -0.39 is 0 Å². The van der Waals surface area contributed by atoms with Crippen LogP contribution in [-0.2, 0) is 6.42 Å². The lowest BCUT2D eigenvalue weighted by molar-refractivity contribution is 0.425. The molecule has 3 rings (SSSR count). The van der Waals surface area contributed by atoms with Gasteiger partial charge < -0.3 is 10.3 Å². The van der Waals surface area contributed by atoms with Crippen molar-refractivity contribution in [1.82, 2.24) is 10.1 Å². The van der Waals surface area contributed by atoms with Gasteiger partial charge in [0.1, 0.15) is 5.82 Å². The number of anilines is 1. The molecule has 0 aliphatic rings. The second-order valence-electron chi connectivity index (χ2n) is 5.69. The Labute approximate surface area is 152 Å². The van der Waals surface area contributed by atoms with Gasteiger partial charge in [-0.25, -0.2) is 4.98 Å². The lowest BCUT2D eigenvalue weighted by Crippen LogP contribution is -1.96. The Kier molecular flexibility index (Phi) is 5.39. The van der Waals surface area contributed by atoms with Gasteiger partial charge >= 0.3 is 0 Å². The number of nitrogen functional groups attached to an aromatic ring is 1. The number of pyridine rings is 1. The Balaban J connectivity index is 1.76. The SMILES string of the molecule is C=C/C(=N\C=C/C)c1ccc(Cc2cc(-c3cccnc3N)on2)cc1. The zero-order chi connectivity index (χ0) is 18.4. The number of hydrogen-bond acceptors (Lipinski definition) is 5. The third kappa shape index (κ3) is 3.95. The van der Waals surface area contributed by atoms with Crippen molar-refractivity contribution in [3.63, 3.8) is 0 Å². The van der Waals surface area contributed by atoms with Crippen molar-refractivity contribution in [3.05, 3.63) is 90.4 Å². The molecule has 26 heavy (non-hydrogen) atoms. The predicted molar refractivity (Wildman–Crippen MR) is 105 cm³/mol. The van der Waals surface area contributed by atoms with Crippen LogP contribution in [-0.4, -0.2) is 15.9 Å². The van der Waals surface area contributed by atoms with Gasteiger partial charge in [0.05, 0.1) is 17.0 Å². The third-order valence-electron chi connectivity index (χ3n) is 3.85. The lowest BCUT2D eigenvalue weighted by Gasteiger charge is -2.02. The van der Waals surface area contributed by atoms with Crippen molar-refractivity contribution < 1.29 is 4.52 Å². The van der Waals surface area contributed by atoms with Gasteiger partial charge in [-0.3, -0.25) is 4.99 Å². The van der Waals surface area contributed by atoms with Gasteiger partial charge in [-0.05, 0) is 30.7 Å². The van der Waals surface area contributed by atoms with E-state index in [4.69, 9.17) is 10.3 Å². The highest BCUT2D eigenvalue weighted by atomic mass is 16.5. The van der Waals surface area contributed by atoms with E-state index in [2.05, 4.69) is 33.8 Å². The highest BCUT2D eigenvalue weighted by Gasteiger charge is 2.10. The first-order valence-corrected chi connectivity index (χ1v) is 8.28. The zero-order valence-electron chi connectivity index (χ0n) is 14.6. The summed E-state index contributed by atoms with van der Waals surface area (Å²) in [6, 6.07) is 13.7. The number of nitrogens with two attached hydrogens (primary N) is 1. The summed E-state index contributed by atoms with van der Waals surface area (Å²) in [4.78, 5) is 8.43.